The molecule has 1 heterocycles. The summed E-state index contributed by atoms with van der Waals surface area (Å²) in [5, 5.41) is 11.0. The van der Waals surface area contributed by atoms with Gasteiger partial charge >= 0.3 is 0 Å². The monoisotopic (exact) mass is 233 g/mol. The Labute approximate surface area is 97.6 Å². The lowest BCUT2D eigenvalue weighted by Crippen LogP contribution is -2.01. The van der Waals surface area contributed by atoms with E-state index >= 15 is 0 Å². The van der Waals surface area contributed by atoms with Crippen LogP contribution in [0.25, 0.3) is 5.69 Å². The minimum Gasteiger partial charge on any atom is -0.496 e. The molecule has 0 aliphatic rings. The maximum Gasteiger partial charge on any atom is 0.296 e. The molecule has 0 amide bonds. The summed E-state index contributed by atoms with van der Waals surface area (Å²) in [4.78, 5) is 14.6. The normalized spacial score (nSPS) is 10.2. The summed E-state index contributed by atoms with van der Waals surface area (Å²) in [6.07, 6.45) is 3.29. The van der Waals surface area contributed by atoms with Crippen molar-refractivity contribution in [3.8, 4) is 11.4 Å². The van der Waals surface area contributed by atoms with E-state index in [-0.39, 0.29) is 5.69 Å². The molecule has 0 saturated heterocycles. The summed E-state index contributed by atoms with van der Waals surface area (Å²) in [6.45, 7) is 1.79. The molecule has 0 bridgehead atoms. The third-order valence-electron chi connectivity index (χ3n) is 2.46. The Bertz CT molecular complexity index is 563. The Morgan fingerprint density at radius 3 is 2.76 bits per heavy atom. The maximum absolute atomic E-state index is 11.0. The zero-order valence-corrected chi connectivity index (χ0v) is 9.45. The van der Waals surface area contributed by atoms with Gasteiger partial charge in [-0.3, -0.25) is 14.7 Å². The molecule has 0 unspecified atom stereocenters. The number of nitro groups is 1. The number of ether oxygens (including phenoxy) is 1. The Balaban J connectivity index is 2.62. The second-order valence-corrected chi connectivity index (χ2v) is 3.46. The topological polar surface area (TPSA) is 70.2 Å². The third-order valence-corrected chi connectivity index (χ3v) is 2.46. The highest BCUT2D eigenvalue weighted by atomic mass is 16.6. The van der Waals surface area contributed by atoms with Gasteiger partial charge in [-0.15, -0.1) is 0 Å². The van der Waals surface area contributed by atoms with Crippen molar-refractivity contribution in [1.29, 1.82) is 0 Å². The van der Waals surface area contributed by atoms with Gasteiger partial charge in [-0.1, -0.05) is 0 Å². The van der Waals surface area contributed by atoms with Crippen LogP contribution in [0.4, 0.5) is 5.69 Å². The summed E-state index contributed by atoms with van der Waals surface area (Å²) in [6, 6.07) is 4.72. The van der Waals surface area contributed by atoms with E-state index in [4.69, 9.17) is 4.74 Å². The summed E-state index contributed by atoms with van der Waals surface area (Å²) >= 11 is 0. The maximum atomic E-state index is 11.0. The molecule has 1 aromatic heterocycles. The number of methoxy groups -OCH3 is 1. The number of benzene rings is 1. The highest BCUT2D eigenvalue weighted by Crippen LogP contribution is 2.28. The largest absolute Gasteiger partial charge is 0.496 e. The lowest BCUT2D eigenvalue weighted by atomic mass is 10.2. The van der Waals surface area contributed by atoms with Crippen LogP contribution < -0.4 is 4.74 Å². The van der Waals surface area contributed by atoms with E-state index in [2.05, 4.69) is 4.98 Å². The standard InChI is InChI=1S/C11H11N3O3/c1-8-12-5-6-13(8)10-4-3-9(17-2)7-11(10)14(15)16/h3-7H,1-2H3. The van der Waals surface area contributed by atoms with E-state index in [1.807, 2.05) is 0 Å². The minimum atomic E-state index is -0.433. The van der Waals surface area contributed by atoms with Gasteiger partial charge in [-0.25, -0.2) is 4.98 Å². The predicted octanol–water partition coefficient (Wildman–Crippen LogP) is 2.10. The fraction of sp³-hybridized carbons (Fsp3) is 0.182. The molecule has 0 atom stereocenters. The Morgan fingerprint density at radius 1 is 1.47 bits per heavy atom. The summed E-state index contributed by atoms with van der Waals surface area (Å²) in [5.74, 6) is 1.15. The first kappa shape index (κ1) is 11.1. The number of imidazole rings is 1. The van der Waals surface area contributed by atoms with Crippen LogP contribution in [-0.2, 0) is 0 Å². The quantitative estimate of drug-likeness (QED) is 0.601. The van der Waals surface area contributed by atoms with Crippen molar-refractivity contribution >= 4 is 5.69 Å². The number of aryl methyl sites for hydroxylation is 1. The van der Waals surface area contributed by atoms with Crippen LogP contribution in [0.2, 0.25) is 0 Å². The van der Waals surface area contributed by atoms with Crippen LogP contribution in [-0.4, -0.2) is 21.6 Å². The van der Waals surface area contributed by atoms with Crippen LogP contribution in [0.3, 0.4) is 0 Å². The molecule has 1 aromatic carbocycles. The van der Waals surface area contributed by atoms with Crippen molar-refractivity contribution in [3.05, 3.63) is 46.5 Å². The number of rotatable bonds is 3. The summed E-state index contributed by atoms with van der Waals surface area (Å²) in [5.41, 5.74) is 0.469. The highest BCUT2D eigenvalue weighted by Gasteiger charge is 2.17. The van der Waals surface area contributed by atoms with E-state index in [9.17, 15) is 10.1 Å². The van der Waals surface area contributed by atoms with Gasteiger partial charge in [-0.05, 0) is 19.1 Å². The fourth-order valence-electron chi connectivity index (χ4n) is 1.61. The van der Waals surface area contributed by atoms with Crippen LogP contribution in [0.5, 0.6) is 5.75 Å². The molecule has 2 aromatic rings. The van der Waals surface area contributed by atoms with E-state index < -0.39 is 4.92 Å². The Morgan fingerprint density at radius 2 is 2.24 bits per heavy atom. The number of nitro benzene ring substituents is 1. The lowest BCUT2D eigenvalue weighted by molar-refractivity contribution is -0.384. The van der Waals surface area contributed by atoms with Gasteiger partial charge < -0.3 is 4.74 Å². The molecule has 0 aliphatic carbocycles. The SMILES string of the molecule is COc1ccc(-n2ccnc2C)c([N+](=O)[O-])c1. The van der Waals surface area contributed by atoms with Crippen LogP contribution in [0.15, 0.2) is 30.6 Å². The Kier molecular flexibility index (Phi) is 2.78. The number of hydrogen-bond acceptors (Lipinski definition) is 4. The summed E-state index contributed by atoms with van der Waals surface area (Å²) in [7, 11) is 1.47. The molecule has 0 saturated carbocycles. The minimum absolute atomic E-state index is 0.00884. The highest BCUT2D eigenvalue weighted by molar-refractivity contribution is 5.56. The lowest BCUT2D eigenvalue weighted by Gasteiger charge is -2.07. The van der Waals surface area contributed by atoms with Crippen molar-refractivity contribution in [2.75, 3.05) is 7.11 Å². The van der Waals surface area contributed by atoms with Crippen LogP contribution in [0.1, 0.15) is 5.82 Å². The molecule has 0 aliphatic heterocycles. The van der Waals surface area contributed by atoms with Gasteiger partial charge in [0.15, 0.2) is 0 Å². The first-order valence-corrected chi connectivity index (χ1v) is 4.96. The van der Waals surface area contributed by atoms with Gasteiger partial charge in [0.2, 0.25) is 0 Å². The summed E-state index contributed by atoms with van der Waals surface area (Å²) < 4.78 is 6.64. The van der Waals surface area contributed by atoms with Gasteiger partial charge in [-0.2, -0.15) is 0 Å². The average molecular weight is 233 g/mol. The van der Waals surface area contributed by atoms with E-state index in [0.717, 1.165) is 0 Å². The molecule has 0 fully saturated rings. The smallest absolute Gasteiger partial charge is 0.296 e. The molecule has 2 rings (SSSR count). The van der Waals surface area contributed by atoms with E-state index in [1.54, 1.807) is 36.0 Å². The molecule has 0 radical (unpaired) electrons. The molecule has 88 valence electrons. The van der Waals surface area contributed by atoms with Crippen molar-refractivity contribution in [1.82, 2.24) is 9.55 Å². The molecule has 17 heavy (non-hydrogen) atoms. The van der Waals surface area contributed by atoms with Gasteiger partial charge in [0.05, 0.1) is 18.1 Å². The zero-order chi connectivity index (χ0) is 12.4. The molecular weight excluding hydrogens is 222 g/mol. The first-order chi connectivity index (χ1) is 8.13. The first-order valence-electron chi connectivity index (χ1n) is 4.96. The van der Waals surface area contributed by atoms with Crippen molar-refractivity contribution in [3.63, 3.8) is 0 Å². The fourth-order valence-corrected chi connectivity index (χ4v) is 1.61. The van der Waals surface area contributed by atoms with Crippen LogP contribution >= 0.6 is 0 Å². The molecule has 6 nitrogen and oxygen atoms in total. The molecular formula is C11H11N3O3. The molecule has 6 heteroatoms. The predicted molar refractivity (Wildman–Crippen MR) is 61.5 cm³/mol. The second kappa shape index (κ2) is 4.25. The van der Waals surface area contributed by atoms with Crippen LogP contribution in [0, 0.1) is 17.0 Å². The van der Waals surface area contributed by atoms with Gasteiger partial charge in [0.25, 0.3) is 5.69 Å². The molecule has 0 N–H and O–H groups in total. The third kappa shape index (κ3) is 1.96. The van der Waals surface area contributed by atoms with Crippen molar-refractivity contribution < 1.29 is 9.66 Å². The van der Waals surface area contributed by atoms with E-state index in [0.29, 0.717) is 17.3 Å². The van der Waals surface area contributed by atoms with Gasteiger partial charge in [0, 0.05) is 12.4 Å². The Hall–Kier alpha value is -2.37. The number of nitrogens with zero attached hydrogens (tertiary/aromatic N) is 3. The average Bonchev–Trinajstić information content (AvgIpc) is 2.74. The van der Waals surface area contributed by atoms with Gasteiger partial charge in [0.1, 0.15) is 17.3 Å². The van der Waals surface area contributed by atoms with Crippen molar-refractivity contribution in [2.45, 2.75) is 6.92 Å². The zero-order valence-electron chi connectivity index (χ0n) is 9.45. The second-order valence-electron chi connectivity index (χ2n) is 3.46. The molecule has 0 spiro atoms. The van der Waals surface area contributed by atoms with Crippen molar-refractivity contribution in [2.24, 2.45) is 0 Å². The number of hydrogen-bond donors (Lipinski definition) is 0. The number of aromatic nitrogens is 2. The van der Waals surface area contributed by atoms with E-state index in [1.165, 1.54) is 13.2 Å².